The van der Waals surface area contributed by atoms with Crippen LogP contribution in [0.1, 0.15) is 38.2 Å². The van der Waals surface area contributed by atoms with Gasteiger partial charge in [0.25, 0.3) is 15.7 Å². The van der Waals surface area contributed by atoms with Crippen LogP contribution in [0, 0.1) is 6.92 Å². The molecule has 0 aliphatic heterocycles. The molecule has 0 radical (unpaired) electrons. The van der Waals surface area contributed by atoms with Crippen LogP contribution in [0.5, 0.6) is 5.75 Å². The van der Waals surface area contributed by atoms with E-state index in [0.717, 1.165) is 12.8 Å². The van der Waals surface area contributed by atoms with Gasteiger partial charge in [0, 0.05) is 6.42 Å². The number of hydrogen-bond donors (Lipinski definition) is 2. The number of fused-ring (bicyclic) bond motifs is 1. The lowest BCUT2D eigenvalue weighted by atomic mass is 10.2. The van der Waals surface area contributed by atoms with Crippen LogP contribution in [0.4, 0.5) is 0 Å². The van der Waals surface area contributed by atoms with E-state index < -0.39 is 15.7 Å². The zero-order chi connectivity index (χ0) is 20.5. The molecule has 0 saturated carbocycles. The SMILES string of the molecule is CCCOc1ccc(S(=O)(=O)O)cc1-c1nn2c(CCC)nc(C)c2c(=O)[nH]1. The monoisotopic (exact) mass is 406 g/mol. The van der Waals surface area contributed by atoms with Gasteiger partial charge in [0.05, 0.1) is 22.8 Å². The van der Waals surface area contributed by atoms with E-state index in [1.54, 1.807) is 6.92 Å². The first kappa shape index (κ1) is 20.0. The highest BCUT2D eigenvalue weighted by molar-refractivity contribution is 7.85. The summed E-state index contributed by atoms with van der Waals surface area (Å²) in [6.45, 7) is 6.07. The third-order valence-corrected chi connectivity index (χ3v) is 5.03. The number of rotatable bonds is 7. The Labute approximate surface area is 162 Å². The Morgan fingerprint density at radius 2 is 2.00 bits per heavy atom. The molecule has 28 heavy (non-hydrogen) atoms. The van der Waals surface area contributed by atoms with Gasteiger partial charge >= 0.3 is 0 Å². The second-order valence-corrected chi connectivity index (χ2v) is 7.83. The van der Waals surface area contributed by atoms with E-state index in [1.807, 2.05) is 13.8 Å². The van der Waals surface area contributed by atoms with E-state index >= 15 is 0 Å². The van der Waals surface area contributed by atoms with E-state index in [0.29, 0.717) is 35.8 Å². The van der Waals surface area contributed by atoms with Crippen molar-refractivity contribution in [2.24, 2.45) is 0 Å². The average molecular weight is 406 g/mol. The number of aromatic nitrogens is 4. The highest BCUT2D eigenvalue weighted by Gasteiger charge is 2.19. The predicted octanol–water partition coefficient (Wildman–Crippen LogP) is 2.38. The molecule has 0 saturated heterocycles. The van der Waals surface area contributed by atoms with Gasteiger partial charge in [-0.1, -0.05) is 13.8 Å². The maximum absolute atomic E-state index is 12.7. The molecule has 0 unspecified atom stereocenters. The lowest BCUT2D eigenvalue weighted by Gasteiger charge is -2.12. The van der Waals surface area contributed by atoms with Crippen LogP contribution in [0.15, 0.2) is 27.9 Å². The van der Waals surface area contributed by atoms with E-state index in [-0.39, 0.29) is 16.3 Å². The molecule has 2 aromatic heterocycles. The molecule has 10 heteroatoms. The highest BCUT2D eigenvalue weighted by Crippen LogP contribution is 2.30. The van der Waals surface area contributed by atoms with Crippen LogP contribution in [-0.4, -0.2) is 39.2 Å². The van der Waals surface area contributed by atoms with Crippen molar-refractivity contribution < 1.29 is 17.7 Å². The van der Waals surface area contributed by atoms with Crippen LogP contribution in [0.25, 0.3) is 16.9 Å². The minimum atomic E-state index is -4.43. The second kappa shape index (κ2) is 7.72. The standard InChI is InChI=1S/C18H22N4O5S/c1-4-6-15-19-11(3)16-18(23)20-17(21-22(15)16)13-10-12(28(24,25)26)7-8-14(13)27-9-5-2/h7-8,10H,4-6,9H2,1-3H3,(H,20,21,23)(H,24,25,26). The minimum Gasteiger partial charge on any atom is -0.493 e. The number of nitrogens with zero attached hydrogens (tertiary/aromatic N) is 3. The second-order valence-electron chi connectivity index (χ2n) is 6.41. The van der Waals surface area contributed by atoms with Crippen molar-refractivity contribution in [2.45, 2.75) is 44.9 Å². The number of H-pyrrole nitrogens is 1. The molecular formula is C18H22N4O5S. The summed E-state index contributed by atoms with van der Waals surface area (Å²) in [7, 11) is -4.43. The van der Waals surface area contributed by atoms with Crippen molar-refractivity contribution in [2.75, 3.05) is 6.61 Å². The highest BCUT2D eigenvalue weighted by atomic mass is 32.2. The topological polar surface area (TPSA) is 127 Å². The lowest BCUT2D eigenvalue weighted by molar-refractivity contribution is 0.318. The summed E-state index contributed by atoms with van der Waals surface area (Å²) in [4.78, 5) is 19.4. The number of aryl methyl sites for hydroxylation is 2. The molecule has 3 rings (SSSR count). The van der Waals surface area contributed by atoms with Crippen LogP contribution in [0.3, 0.4) is 0 Å². The number of hydrogen-bond acceptors (Lipinski definition) is 6. The third-order valence-electron chi connectivity index (χ3n) is 4.18. The van der Waals surface area contributed by atoms with Crippen molar-refractivity contribution >= 4 is 15.6 Å². The van der Waals surface area contributed by atoms with Crippen molar-refractivity contribution in [1.82, 2.24) is 19.6 Å². The smallest absolute Gasteiger partial charge is 0.294 e. The Balaban J connectivity index is 2.27. The number of imidazole rings is 1. The lowest BCUT2D eigenvalue weighted by Crippen LogP contribution is -2.16. The summed E-state index contributed by atoms with van der Waals surface area (Å²) in [5, 5.41) is 4.48. The van der Waals surface area contributed by atoms with Gasteiger partial charge in [-0.15, -0.1) is 5.10 Å². The quantitative estimate of drug-likeness (QED) is 0.577. The molecule has 0 amide bonds. The van der Waals surface area contributed by atoms with E-state index in [4.69, 9.17) is 4.74 Å². The molecule has 0 aliphatic rings. The number of nitrogens with one attached hydrogen (secondary N) is 1. The molecular weight excluding hydrogens is 384 g/mol. The summed E-state index contributed by atoms with van der Waals surface area (Å²) >= 11 is 0. The zero-order valence-corrected chi connectivity index (χ0v) is 16.7. The Hall–Kier alpha value is -2.72. The van der Waals surface area contributed by atoms with Crippen LogP contribution in [0.2, 0.25) is 0 Å². The van der Waals surface area contributed by atoms with E-state index in [9.17, 15) is 17.8 Å². The molecule has 3 aromatic rings. The van der Waals surface area contributed by atoms with Crippen LogP contribution < -0.4 is 10.3 Å². The van der Waals surface area contributed by atoms with Crippen molar-refractivity contribution in [1.29, 1.82) is 0 Å². The number of aromatic amines is 1. The summed E-state index contributed by atoms with van der Waals surface area (Å²) in [6.07, 6.45) is 2.20. The van der Waals surface area contributed by atoms with Crippen molar-refractivity contribution in [3.8, 4) is 17.1 Å². The Morgan fingerprint density at radius 1 is 1.25 bits per heavy atom. The third kappa shape index (κ3) is 3.78. The van der Waals surface area contributed by atoms with E-state index in [2.05, 4.69) is 15.1 Å². The number of benzene rings is 1. The van der Waals surface area contributed by atoms with Gasteiger partial charge in [-0.05, 0) is 38.0 Å². The van der Waals surface area contributed by atoms with Crippen molar-refractivity contribution in [3.05, 3.63) is 40.1 Å². The normalized spacial score (nSPS) is 11.9. The van der Waals surface area contributed by atoms with Gasteiger partial charge in [-0.3, -0.25) is 9.35 Å². The Morgan fingerprint density at radius 3 is 2.64 bits per heavy atom. The summed E-state index contributed by atoms with van der Waals surface area (Å²) in [5.74, 6) is 1.12. The largest absolute Gasteiger partial charge is 0.493 e. The molecule has 2 N–H and O–H groups in total. The predicted molar refractivity (Wildman–Crippen MR) is 103 cm³/mol. The zero-order valence-electron chi connectivity index (χ0n) is 15.9. The molecule has 150 valence electrons. The van der Waals surface area contributed by atoms with Gasteiger partial charge in [-0.25, -0.2) is 9.50 Å². The molecule has 0 fully saturated rings. The first-order valence-corrected chi connectivity index (χ1v) is 10.4. The van der Waals surface area contributed by atoms with Crippen LogP contribution in [-0.2, 0) is 16.5 Å². The van der Waals surface area contributed by atoms with Gasteiger partial charge in [0.2, 0.25) is 0 Å². The Bertz CT molecular complexity index is 1180. The van der Waals surface area contributed by atoms with Gasteiger partial charge in [-0.2, -0.15) is 8.42 Å². The first-order valence-electron chi connectivity index (χ1n) is 8.99. The molecule has 0 atom stereocenters. The van der Waals surface area contributed by atoms with Gasteiger partial charge < -0.3 is 9.72 Å². The maximum Gasteiger partial charge on any atom is 0.294 e. The fourth-order valence-electron chi connectivity index (χ4n) is 2.94. The molecule has 0 aliphatic carbocycles. The molecule has 0 spiro atoms. The average Bonchev–Trinajstić information content (AvgIpc) is 2.95. The molecule has 2 heterocycles. The number of ether oxygens (including phenoxy) is 1. The first-order chi connectivity index (χ1) is 13.3. The van der Waals surface area contributed by atoms with E-state index in [1.165, 1.54) is 22.7 Å². The van der Waals surface area contributed by atoms with Crippen molar-refractivity contribution in [3.63, 3.8) is 0 Å². The Kier molecular flexibility index (Phi) is 5.52. The minimum absolute atomic E-state index is 0.129. The summed E-state index contributed by atoms with van der Waals surface area (Å²) in [5.41, 5.74) is 0.777. The molecule has 0 bridgehead atoms. The van der Waals surface area contributed by atoms with Crippen LogP contribution >= 0.6 is 0 Å². The van der Waals surface area contributed by atoms with Gasteiger partial charge in [0.15, 0.2) is 11.3 Å². The maximum atomic E-state index is 12.7. The fraction of sp³-hybridized carbons (Fsp3) is 0.389. The summed E-state index contributed by atoms with van der Waals surface area (Å²) in [6, 6.07) is 3.91. The molecule has 1 aromatic carbocycles. The van der Waals surface area contributed by atoms with Gasteiger partial charge in [0.1, 0.15) is 11.6 Å². The molecule has 9 nitrogen and oxygen atoms in total. The fourth-order valence-corrected chi connectivity index (χ4v) is 3.44. The summed E-state index contributed by atoms with van der Waals surface area (Å²) < 4.78 is 39.7.